The minimum absolute atomic E-state index is 0.0185. The van der Waals surface area contributed by atoms with Crippen molar-refractivity contribution >= 4 is 33.2 Å². The number of hydrogen-bond donors (Lipinski definition) is 0. The molecule has 0 N–H and O–H groups in total. The summed E-state index contributed by atoms with van der Waals surface area (Å²) in [4.78, 5) is 4.37. The molecule has 1 atom stereocenters. The third-order valence-electron chi connectivity index (χ3n) is 3.71. The van der Waals surface area contributed by atoms with Gasteiger partial charge in [-0.05, 0) is 47.3 Å². The van der Waals surface area contributed by atoms with E-state index < -0.39 is 0 Å². The van der Waals surface area contributed by atoms with Gasteiger partial charge in [-0.3, -0.25) is 0 Å². The third kappa shape index (κ3) is 2.43. The third-order valence-corrected chi connectivity index (χ3v) is 4.48. The summed E-state index contributed by atoms with van der Waals surface area (Å²) in [6, 6.07) is 3.67. The highest BCUT2D eigenvalue weighted by atomic mass is 79.9. The first-order valence-electron chi connectivity index (χ1n) is 7.09. The smallest absolute Gasteiger partial charge is 0.168 e. The molecule has 0 radical (unpaired) electrons. The van der Waals surface area contributed by atoms with Crippen molar-refractivity contribution < 1.29 is 4.74 Å². The first-order valence-corrected chi connectivity index (χ1v) is 8.26. The lowest BCUT2D eigenvalue weighted by Gasteiger charge is -2.22. The van der Waals surface area contributed by atoms with Crippen LogP contribution in [0, 0.1) is 0 Å². The van der Waals surface area contributed by atoms with Crippen molar-refractivity contribution in [3.8, 4) is 11.4 Å². The lowest BCUT2D eigenvalue weighted by atomic mass is 10.2. The molecule has 0 aliphatic carbocycles. The minimum Gasteiger partial charge on any atom is -0.357 e. The zero-order chi connectivity index (χ0) is 15.1. The van der Waals surface area contributed by atoms with Crippen LogP contribution in [0.1, 0.15) is 25.5 Å². The fraction of sp³-hybridized carbons (Fsp3) is 0.357. The number of hydrogen-bond acceptors (Lipinski definition) is 4. The van der Waals surface area contributed by atoms with Gasteiger partial charge in [-0.15, -0.1) is 0 Å². The summed E-state index contributed by atoms with van der Waals surface area (Å²) in [5, 5.41) is 9.32. The first kappa shape index (κ1) is 14.2. The highest BCUT2D eigenvalue weighted by Gasteiger charge is 2.18. The summed E-state index contributed by atoms with van der Waals surface area (Å²) in [7, 11) is 0. The highest BCUT2D eigenvalue weighted by Crippen LogP contribution is 2.27. The van der Waals surface area contributed by atoms with Crippen LogP contribution < -0.4 is 0 Å². The number of aromatic nitrogens is 5. The van der Waals surface area contributed by atoms with Gasteiger partial charge in [-0.25, -0.2) is 14.2 Å². The Bertz CT molecular complexity index is 824. The van der Waals surface area contributed by atoms with Crippen LogP contribution in [0.15, 0.2) is 29.0 Å². The fourth-order valence-corrected chi connectivity index (χ4v) is 3.45. The standard InChI is InChI=1S/C14H13BrClN5O/c15-9-7-12(16)19-21-11(8-17-14(9)21)10-4-5-20(18-10)13-3-1-2-6-22-13/h4-5,7-8,13H,1-3,6H2. The molecule has 1 aliphatic heterocycles. The molecule has 1 saturated heterocycles. The summed E-state index contributed by atoms with van der Waals surface area (Å²) in [6.45, 7) is 0.791. The Kier molecular flexibility index (Phi) is 3.63. The van der Waals surface area contributed by atoms with Crippen molar-refractivity contribution in [3.63, 3.8) is 0 Å². The van der Waals surface area contributed by atoms with E-state index in [4.69, 9.17) is 16.3 Å². The highest BCUT2D eigenvalue weighted by molar-refractivity contribution is 9.10. The van der Waals surface area contributed by atoms with E-state index in [0.717, 1.165) is 35.3 Å². The van der Waals surface area contributed by atoms with E-state index in [2.05, 4.69) is 31.1 Å². The van der Waals surface area contributed by atoms with Crippen LogP contribution >= 0.6 is 27.5 Å². The van der Waals surface area contributed by atoms with Gasteiger partial charge in [0.25, 0.3) is 0 Å². The van der Waals surface area contributed by atoms with E-state index in [-0.39, 0.29) is 6.23 Å². The van der Waals surface area contributed by atoms with Crippen LogP contribution in [-0.2, 0) is 4.74 Å². The SMILES string of the molecule is Clc1cc(Br)c2ncc(-c3ccn(C4CCCCO4)n3)n2n1. The Hall–Kier alpha value is -1.44. The molecule has 0 bridgehead atoms. The second kappa shape index (κ2) is 5.64. The van der Waals surface area contributed by atoms with Gasteiger partial charge in [0.1, 0.15) is 17.6 Å². The summed E-state index contributed by atoms with van der Waals surface area (Å²) in [5.74, 6) is 0. The lowest BCUT2D eigenvalue weighted by molar-refractivity contribution is -0.0393. The van der Waals surface area contributed by atoms with Crippen LogP contribution in [0.2, 0.25) is 5.15 Å². The van der Waals surface area contributed by atoms with Crippen molar-refractivity contribution in [2.24, 2.45) is 0 Å². The van der Waals surface area contributed by atoms with Crippen molar-refractivity contribution in [2.75, 3.05) is 6.61 Å². The largest absolute Gasteiger partial charge is 0.357 e. The van der Waals surface area contributed by atoms with Crippen molar-refractivity contribution in [1.82, 2.24) is 24.4 Å². The molecule has 1 unspecified atom stereocenters. The molecule has 3 aromatic rings. The molecule has 0 saturated carbocycles. The van der Waals surface area contributed by atoms with Gasteiger partial charge in [0, 0.05) is 12.8 Å². The number of nitrogens with zero attached hydrogens (tertiary/aromatic N) is 5. The molecule has 6 nitrogen and oxygen atoms in total. The van der Waals surface area contributed by atoms with E-state index in [1.807, 2.05) is 16.9 Å². The van der Waals surface area contributed by atoms with Crippen LogP contribution in [0.25, 0.3) is 17.0 Å². The summed E-state index contributed by atoms with van der Waals surface area (Å²) < 4.78 is 10.1. The van der Waals surface area contributed by atoms with E-state index in [9.17, 15) is 0 Å². The van der Waals surface area contributed by atoms with E-state index >= 15 is 0 Å². The Balaban J connectivity index is 1.74. The average Bonchev–Trinajstić information content (AvgIpc) is 3.14. The molecule has 3 aromatic heterocycles. The maximum atomic E-state index is 6.03. The molecular weight excluding hydrogens is 370 g/mol. The van der Waals surface area contributed by atoms with E-state index in [0.29, 0.717) is 10.8 Å². The Labute approximate surface area is 140 Å². The zero-order valence-corrected chi connectivity index (χ0v) is 14.0. The molecule has 1 aliphatic rings. The molecule has 114 valence electrons. The van der Waals surface area contributed by atoms with Gasteiger partial charge in [0.2, 0.25) is 0 Å². The topological polar surface area (TPSA) is 57.2 Å². The maximum absolute atomic E-state index is 6.03. The number of fused-ring (bicyclic) bond motifs is 1. The molecule has 0 spiro atoms. The van der Waals surface area contributed by atoms with Gasteiger partial charge in [-0.2, -0.15) is 10.2 Å². The normalized spacial score (nSPS) is 18.9. The Morgan fingerprint density at radius 2 is 2.23 bits per heavy atom. The van der Waals surface area contributed by atoms with Crippen LogP contribution in [0.3, 0.4) is 0 Å². The van der Waals surface area contributed by atoms with E-state index in [1.54, 1.807) is 16.8 Å². The van der Waals surface area contributed by atoms with Crippen molar-refractivity contribution in [3.05, 3.63) is 34.2 Å². The zero-order valence-electron chi connectivity index (χ0n) is 11.6. The van der Waals surface area contributed by atoms with E-state index in [1.165, 1.54) is 6.42 Å². The Morgan fingerprint density at radius 1 is 1.32 bits per heavy atom. The molecule has 1 fully saturated rings. The second-order valence-electron chi connectivity index (χ2n) is 5.20. The summed E-state index contributed by atoms with van der Waals surface area (Å²) in [6.07, 6.45) is 6.98. The monoisotopic (exact) mass is 381 g/mol. The van der Waals surface area contributed by atoms with Crippen LogP contribution in [0.5, 0.6) is 0 Å². The molecule has 4 rings (SSSR count). The second-order valence-corrected chi connectivity index (χ2v) is 6.44. The predicted molar refractivity (Wildman–Crippen MR) is 85.8 cm³/mol. The van der Waals surface area contributed by atoms with Gasteiger partial charge in [-0.1, -0.05) is 11.6 Å². The quantitative estimate of drug-likeness (QED) is 0.678. The average molecular weight is 383 g/mol. The maximum Gasteiger partial charge on any atom is 0.168 e. The number of halogens is 2. The molecule has 4 heterocycles. The molecule has 0 amide bonds. The van der Waals surface area contributed by atoms with Gasteiger partial charge < -0.3 is 4.74 Å². The number of ether oxygens (including phenoxy) is 1. The first-order chi connectivity index (χ1) is 10.7. The fourth-order valence-electron chi connectivity index (χ4n) is 2.65. The predicted octanol–water partition coefficient (Wildman–Crippen LogP) is 3.71. The molecular formula is C14H13BrClN5O. The van der Waals surface area contributed by atoms with Crippen LogP contribution in [-0.4, -0.2) is 31.0 Å². The van der Waals surface area contributed by atoms with Crippen molar-refractivity contribution in [2.45, 2.75) is 25.5 Å². The van der Waals surface area contributed by atoms with Crippen LogP contribution in [0.4, 0.5) is 0 Å². The Morgan fingerprint density at radius 3 is 3.05 bits per heavy atom. The lowest BCUT2D eigenvalue weighted by Crippen LogP contribution is -2.18. The summed E-state index contributed by atoms with van der Waals surface area (Å²) in [5.41, 5.74) is 2.30. The van der Waals surface area contributed by atoms with Crippen molar-refractivity contribution in [1.29, 1.82) is 0 Å². The number of rotatable bonds is 2. The van der Waals surface area contributed by atoms with Gasteiger partial charge >= 0.3 is 0 Å². The van der Waals surface area contributed by atoms with Gasteiger partial charge in [0.05, 0.1) is 10.7 Å². The summed E-state index contributed by atoms with van der Waals surface area (Å²) >= 11 is 9.48. The molecule has 0 aromatic carbocycles. The minimum atomic E-state index is 0.0185. The number of imidazole rings is 1. The van der Waals surface area contributed by atoms with Gasteiger partial charge in [0.15, 0.2) is 10.8 Å². The molecule has 22 heavy (non-hydrogen) atoms. The molecule has 8 heteroatoms.